The lowest BCUT2D eigenvalue weighted by Gasteiger charge is -2.62. The maximum absolute atomic E-state index is 12.9. The van der Waals surface area contributed by atoms with Crippen molar-refractivity contribution in [1.29, 1.82) is 0 Å². The molecule has 0 aromatic heterocycles. The molecular formula is C21H24NO4P. The fourth-order valence-corrected chi connectivity index (χ4v) is 6.68. The summed E-state index contributed by atoms with van der Waals surface area (Å²) in [7, 11) is 0.548. The van der Waals surface area contributed by atoms with E-state index < -0.39 is 17.1 Å². The second kappa shape index (κ2) is 5.34. The molecule has 6 heteroatoms. The van der Waals surface area contributed by atoms with Crippen molar-refractivity contribution in [2.24, 2.45) is 5.92 Å². The van der Waals surface area contributed by atoms with Crippen LogP contribution in [0.25, 0.3) is 0 Å². The molecule has 3 fully saturated rings. The summed E-state index contributed by atoms with van der Waals surface area (Å²) in [5, 5.41) is 12.1. The van der Waals surface area contributed by atoms with Gasteiger partial charge in [-0.2, -0.15) is 0 Å². The minimum Gasteiger partial charge on any atom is -0.477 e. The third-order valence-corrected chi connectivity index (χ3v) is 8.03. The van der Waals surface area contributed by atoms with E-state index in [0.29, 0.717) is 32.8 Å². The zero-order chi connectivity index (χ0) is 18.4. The number of ketones is 1. The van der Waals surface area contributed by atoms with Crippen LogP contribution >= 0.6 is 8.43 Å². The average Bonchev–Trinajstić information content (AvgIpc) is 3.39. The maximum atomic E-state index is 12.9. The smallest absolute Gasteiger partial charge is 0.174 e. The highest BCUT2D eigenvalue weighted by atomic mass is 31.1. The molecule has 27 heavy (non-hydrogen) atoms. The zero-order valence-electron chi connectivity index (χ0n) is 15.3. The van der Waals surface area contributed by atoms with E-state index in [2.05, 4.69) is 17.3 Å². The molecule has 0 amide bonds. The van der Waals surface area contributed by atoms with Crippen molar-refractivity contribution in [1.82, 2.24) is 4.90 Å². The van der Waals surface area contributed by atoms with Gasteiger partial charge in [-0.05, 0) is 62.5 Å². The highest BCUT2D eigenvalue weighted by Gasteiger charge is 2.73. The number of rotatable bonds is 4. The van der Waals surface area contributed by atoms with Gasteiger partial charge in [0.25, 0.3) is 0 Å². The summed E-state index contributed by atoms with van der Waals surface area (Å²) in [6.45, 7) is 2.00. The van der Waals surface area contributed by atoms with Gasteiger partial charge in [0.2, 0.25) is 0 Å². The summed E-state index contributed by atoms with van der Waals surface area (Å²) in [5.74, 6) is 2.23. The predicted molar refractivity (Wildman–Crippen MR) is 103 cm³/mol. The Bertz CT molecular complexity index is 868. The third kappa shape index (κ3) is 1.93. The number of piperidine rings is 1. The van der Waals surface area contributed by atoms with E-state index in [9.17, 15) is 9.90 Å². The number of carbonyl (C=O) groups is 1. The van der Waals surface area contributed by atoms with Gasteiger partial charge in [0.05, 0.1) is 11.0 Å². The number of benzene rings is 1. The molecule has 1 saturated heterocycles. The summed E-state index contributed by atoms with van der Waals surface area (Å²) in [4.78, 5) is 15.4. The average molecular weight is 385 g/mol. The molecule has 142 valence electrons. The molecule has 1 aromatic rings. The summed E-state index contributed by atoms with van der Waals surface area (Å²) in [6, 6.07) is 4.12. The molecule has 1 N–H and O–H groups in total. The second-order valence-corrected chi connectivity index (χ2v) is 9.36. The van der Waals surface area contributed by atoms with Crippen molar-refractivity contribution >= 4 is 20.5 Å². The molecule has 5 aliphatic rings. The van der Waals surface area contributed by atoms with Crippen LogP contribution in [-0.2, 0) is 16.6 Å². The fourth-order valence-electron chi connectivity index (χ4n) is 6.39. The topological polar surface area (TPSA) is 59.0 Å². The molecule has 4 atom stereocenters. The number of Topliss-reactive ketones (excluding diaryl/α,β-unsaturated/α-hetero) is 1. The number of likely N-dealkylation sites (tertiary alicyclic amines) is 1. The lowest BCUT2D eigenvalue weighted by molar-refractivity contribution is -0.188. The number of hydrogen-bond acceptors (Lipinski definition) is 5. The predicted octanol–water partition coefficient (Wildman–Crippen LogP) is 2.49. The van der Waals surface area contributed by atoms with E-state index >= 15 is 0 Å². The van der Waals surface area contributed by atoms with Gasteiger partial charge < -0.3 is 14.4 Å². The van der Waals surface area contributed by atoms with E-state index in [1.54, 1.807) is 0 Å². The van der Waals surface area contributed by atoms with Crippen molar-refractivity contribution in [3.05, 3.63) is 23.3 Å². The largest absolute Gasteiger partial charge is 0.477 e. The number of carbonyl (C=O) groups excluding carboxylic acids is 1. The normalized spacial score (nSPS) is 39.2. The Labute approximate surface area is 160 Å². The van der Waals surface area contributed by atoms with E-state index in [1.807, 2.05) is 6.07 Å². The SMILES string of the molecule is C=POc1ccc2c3c1O[C@H]1C(=O)CC[C@@]4(O)[C@@H](C2)N(CC2CC2)CC[C@]314. The van der Waals surface area contributed by atoms with Gasteiger partial charge in [0.1, 0.15) is 8.43 Å². The molecule has 1 spiro atoms. The first-order chi connectivity index (χ1) is 13.1. The van der Waals surface area contributed by atoms with Gasteiger partial charge in [-0.25, -0.2) is 0 Å². The lowest BCUT2D eigenvalue weighted by atomic mass is 9.49. The summed E-state index contributed by atoms with van der Waals surface area (Å²) < 4.78 is 12.0. The number of ether oxygens (including phenoxy) is 1. The standard InChI is InChI=1S/C21H24NO4P/c1-27-26-15-5-4-13-10-16-21(24)7-6-14(23)19-20(21,17(13)18(15)25-19)8-9-22(16)11-12-2-3-12/h4-5,12,16,19,24H,1-3,6-11H2/t16-,19+,20+,21-/m1/s1. The first kappa shape index (κ1) is 16.5. The third-order valence-electron chi connectivity index (χ3n) is 7.71. The van der Waals surface area contributed by atoms with Gasteiger partial charge >= 0.3 is 0 Å². The first-order valence-electron chi connectivity index (χ1n) is 10.0. The van der Waals surface area contributed by atoms with Gasteiger partial charge in [-0.3, -0.25) is 9.69 Å². The van der Waals surface area contributed by atoms with E-state index in [1.165, 1.54) is 18.4 Å². The Kier molecular flexibility index (Phi) is 3.27. The van der Waals surface area contributed by atoms with Crippen molar-refractivity contribution < 1.29 is 19.2 Å². The highest BCUT2D eigenvalue weighted by Crippen LogP contribution is 2.65. The molecular weight excluding hydrogens is 361 g/mol. The van der Waals surface area contributed by atoms with Crippen molar-refractivity contribution in [3.63, 3.8) is 0 Å². The molecule has 2 saturated carbocycles. The fraction of sp³-hybridized carbons (Fsp3) is 0.619. The summed E-state index contributed by atoms with van der Waals surface area (Å²) in [5.41, 5.74) is 0.738. The van der Waals surface area contributed by atoms with Gasteiger partial charge in [-0.1, -0.05) is 6.07 Å². The molecule has 2 heterocycles. The van der Waals surface area contributed by atoms with Crippen LogP contribution in [0.5, 0.6) is 11.5 Å². The Morgan fingerprint density at radius 3 is 3.00 bits per heavy atom. The van der Waals surface area contributed by atoms with Crippen LogP contribution < -0.4 is 9.26 Å². The first-order valence-corrected chi connectivity index (χ1v) is 11.0. The van der Waals surface area contributed by atoms with Crippen LogP contribution in [0.4, 0.5) is 0 Å². The van der Waals surface area contributed by atoms with Gasteiger partial charge in [0.15, 0.2) is 23.4 Å². The molecule has 1 aromatic carbocycles. The Balaban J connectivity index is 1.56. The molecule has 2 aliphatic heterocycles. The van der Waals surface area contributed by atoms with Crippen molar-refractivity contribution in [3.8, 4) is 11.5 Å². The Morgan fingerprint density at radius 2 is 2.22 bits per heavy atom. The van der Waals surface area contributed by atoms with Crippen LogP contribution in [0.3, 0.4) is 0 Å². The van der Waals surface area contributed by atoms with Crippen LogP contribution in [0.15, 0.2) is 12.1 Å². The number of aliphatic hydroxyl groups is 1. The summed E-state index contributed by atoms with van der Waals surface area (Å²) >= 11 is 0. The van der Waals surface area contributed by atoms with Gasteiger partial charge in [0, 0.05) is 24.6 Å². The van der Waals surface area contributed by atoms with Crippen LogP contribution in [0.1, 0.15) is 43.2 Å². The number of hydrogen-bond donors (Lipinski definition) is 1. The molecule has 2 bridgehead atoms. The van der Waals surface area contributed by atoms with Crippen LogP contribution in [-0.4, -0.2) is 52.9 Å². The quantitative estimate of drug-likeness (QED) is 0.807. The molecule has 0 unspecified atom stereocenters. The molecule has 0 radical (unpaired) electrons. The van der Waals surface area contributed by atoms with E-state index in [4.69, 9.17) is 9.26 Å². The van der Waals surface area contributed by atoms with Gasteiger partial charge in [-0.15, -0.1) is 0 Å². The monoisotopic (exact) mass is 385 g/mol. The molecule has 3 aliphatic carbocycles. The van der Waals surface area contributed by atoms with E-state index in [0.717, 1.165) is 37.4 Å². The van der Waals surface area contributed by atoms with Crippen molar-refractivity contribution in [2.75, 3.05) is 13.1 Å². The summed E-state index contributed by atoms with van der Waals surface area (Å²) in [6.07, 6.45) is 8.31. The van der Waals surface area contributed by atoms with Crippen LogP contribution in [0, 0.1) is 5.92 Å². The Morgan fingerprint density at radius 1 is 1.37 bits per heavy atom. The highest BCUT2D eigenvalue weighted by molar-refractivity contribution is 7.31. The minimum absolute atomic E-state index is 0.0715. The second-order valence-electron chi connectivity index (χ2n) is 8.92. The molecule has 6 rings (SSSR count). The zero-order valence-corrected chi connectivity index (χ0v) is 16.2. The van der Waals surface area contributed by atoms with Crippen LogP contribution in [0.2, 0.25) is 0 Å². The maximum Gasteiger partial charge on any atom is 0.174 e. The number of nitrogens with zero attached hydrogens (tertiary/aromatic N) is 1. The van der Waals surface area contributed by atoms with Crippen molar-refractivity contribution in [2.45, 2.75) is 61.7 Å². The van der Waals surface area contributed by atoms with E-state index in [-0.39, 0.29) is 11.8 Å². The Hall–Kier alpha value is -1.42. The minimum atomic E-state index is -0.905. The lowest BCUT2D eigenvalue weighted by Crippen LogP contribution is -2.76. The molecule has 5 nitrogen and oxygen atoms in total.